The van der Waals surface area contributed by atoms with E-state index in [1.807, 2.05) is 12.1 Å². The number of carbonyl (C=O) groups excluding carboxylic acids is 1. The third-order valence-electron chi connectivity index (χ3n) is 5.42. The smallest absolute Gasteiger partial charge is 0.242 e. The van der Waals surface area contributed by atoms with Gasteiger partial charge in [-0.2, -0.15) is 0 Å². The molecule has 2 aliphatic heterocycles. The molecule has 0 bridgehead atoms. The Bertz CT molecular complexity index is 692. The lowest BCUT2D eigenvalue weighted by Gasteiger charge is -2.36. The Morgan fingerprint density at radius 3 is 2.81 bits per heavy atom. The molecule has 1 aromatic rings. The van der Waals surface area contributed by atoms with Crippen molar-refractivity contribution in [1.82, 2.24) is 15.1 Å². The summed E-state index contributed by atoms with van der Waals surface area (Å²) in [5.74, 6) is 2.45. The number of nitrogens with zero attached hydrogens (tertiary/aromatic N) is 3. The van der Waals surface area contributed by atoms with Gasteiger partial charge >= 0.3 is 0 Å². The summed E-state index contributed by atoms with van der Waals surface area (Å²) in [4.78, 5) is 21.5. The summed E-state index contributed by atoms with van der Waals surface area (Å²) in [6, 6.07) is 8.75. The van der Waals surface area contributed by atoms with Crippen LogP contribution in [0.1, 0.15) is 37.7 Å². The van der Waals surface area contributed by atoms with E-state index in [0.717, 1.165) is 50.9 Å². The summed E-state index contributed by atoms with van der Waals surface area (Å²) >= 11 is 0. The molecule has 2 heterocycles. The summed E-state index contributed by atoms with van der Waals surface area (Å²) < 4.78 is 5.75. The number of benzene rings is 1. The van der Waals surface area contributed by atoms with E-state index in [-0.39, 0.29) is 29.9 Å². The average Bonchev–Trinajstić information content (AvgIpc) is 3.50. The van der Waals surface area contributed by atoms with Crippen LogP contribution in [0, 0.1) is 0 Å². The molecule has 6 nitrogen and oxygen atoms in total. The molecule has 0 radical (unpaired) electrons. The molecule has 1 saturated carbocycles. The lowest BCUT2D eigenvalue weighted by atomic mass is 9.93. The largest absolute Gasteiger partial charge is 0.493 e. The molecule has 1 saturated heterocycles. The van der Waals surface area contributed by atoms with Crippen molar-refractivity contribution in [3.05, 3.63) is 29.8 Å². The van der Waals surface area contributed by atoms with Gasteiger partial charge in [-0.15, -0.1) is 24.0 Å². The van der Waals surface area contributed by atoms with Crippen LogP contribution in [0.25, 0.3) is 0 Å². The first-order valence-corrected chi connectivity index (χ1v) is 9.80. The first-order chi connectivity index (χ1) is 12.8. The fourth-order valence-electron chi connectivity index (χ4n) is 3.87. The summed E-state index contributed by atoms with van der Waals surface area (Å²) in [6.45, 7) is 6.45. The van der Waals surface area contributed by atoms with Crippen molar-refractivity contribution in [2.75, 3.05) is 39.3 Å². The highest BCUT2D eigenvalue weighted by Crippen LogP contribution is 2.33. The molecule has 4 rings (SSSR count). The Morgan fingerprint density at radius 2 is 2.07 bits per heavy atom. The molecule has 7 heteroatoms. The van der Waals surface area contributed by atoms with E-state index in [0.29, 0.717) is 18.5 Å². The lowest BCUT2D eigenvalue weighted by Crippen LogP contribution is -2.55. The van der Waals surface area contributed by atoms with E-state index in [4.69, 9.17) is 9.73 Å². The summed E-state index contributed by atoms with van der Waals surface area (Å²) in [5, 5.41) is 3.37. The number of hydrogen-bond donors (Lipinski definition) is 1. The Morgan fingerprint density at radius 1 is 1.26 bits per heavy atom. The van der Waals surface area contributed by atoms with Crippen LogP contribution in [0.3, 0.4) is 0 Å². The van der Waals surface area contributed by atoms with Gasteiger partial charge in [0.05, 0.1) is 13.2 Å². The molecule has 27 heavy (non-hydrogen) atoms. The van der Waals surface area contributed by atoms with Gasteiger partial charge in [0.2, 0.25) is 5.91 Å². The van der Waals surface area contributed by atoms with E-state index < -0.39 is 0 Å². The zero-order valence-electron chi connectivity index (χ0n) is 15.9. The second-order valence-corrected chi connectivity index (χ2v) is 7.31. The molecule has 1 aliphatic carbocycles. The van der Waals surface area contributed by atoms with Gasteiger partial charge in [-0.3, -0.25) is 9.79 Å². The van der Waals surface area contributed by atoms with Crippen LogP contribution in [0.15, 0.2) is 29.3 Å². The molecular weight excluding hydrogens is 455 g/mol. The van der Waals surface area contributed by atoms with Crippen molar-refractivity contribution < 1.29 is 9.53 Å². The maximum absolute atomic E-state index is 12.4. The molecular formula is C20H29IN4O2. The fraction of sp³-hybridized carbons (Fsp3) is 0.600. The average molecular weight is 484 g/mol. The Hall–Kier alpha value is -1.51. The number of ether oxygens (including phenoxy) is 1. The van der Waals surface area contributed by atoms with Gasteiger partial charge < -0.3 is 19.9 Å². The van der Waals surface area contributed by atoms with E-state index in [1.54, 1.807) is 0 Å². The van der Waals surface area contributed by atoms with Crippen molar-refractivity contribution in [2.24, 2.45) is 4.99 Å². The van der Waals surface area contributed by atoms with E-state index in [9.17, 15) is 4.79 Å². The van der Waals surface area contributed by atoms with Crippen molar-refractivity contribution >= 4 is 35.8 Å². The molecule has 1 aromatic carbocycles. The maximum Gasteiger partial charge on any atom is 0.242 e. The summed E-state index contributed by atoms with van der Waals surface area (Å²) in [5.41, 5.74) is 1.24. The molecule has 1 amide bonds. The molecule has 0 spiro atoms. The molecule has 1 N–H and O–H groups in total. The first-order valence-electron chi connectivity index (χ1n) is 9.80. The molecule has 1 atom stereocenters. The molecule has 3 aliphatic rings. The second-order valence-electron chi connectivity index (χ2n) is 7.31. The van der Waals surface area contributed by atoms with Gasteiger partial charge in [0.1, 0.15) is 5.75 Å². The number of aliphatic imine (C=N–C) groups is 1. The topological polar surface area (TPSA) is 57.2 Å². The third-order valence-corrected chi connectivity index (χ3v) is 5.42. The number of fused-ring (bicyclic) bond motifs is 1. The van der Waals surface area contributed by atoms with Gasteiger partial charge in [0.25, 0.3) is 0 Å². The minimum Gasteiger partial charge on any atom is -0.493 e. The van der Waals surface area contributed by atoms with Crippen LogP contribution in [-0.2, 0) is 4.79 Å². The highest BCUT2D eigenvalue weighted by Gasteiger charge is 2.36. The van der Waals surface area contributed by atoms with Gasteiger partial charge in [-0.1, -0.05) is 18.2 Å². The number of para-hydroxylation sites is 1. The highest BCUT2D eigenvalue weighted by molar-refractivity contribution is 14.0. The van der Waals surface area contributed by atoms with E-state index >= 15 is 0 Å². The minimum absolute atomic E-state index is 0. The number of rotatable bonds is 4. The van der Waals surface area contributed by atoms with Crippen molar-refractivity contribution in [1.29, 1.82) is 0 Å². The molecule has 1 unspecified atom stereocenters. The first kappa shape index (κ1) is 20.2. The standard InChI is InChI=1S/C20H28N4O2.HI/c1-2-21-20(23-10-11-24(16-7-8-16)19(25)14-23)22-13-15-9-12-26-18-6-4-3-5-17(15)18;/h3-6,15-16H,2,7-14H2,1H3,(H,21,22);1H. The quantitative estimate of drug-likeness (QED) is 0.406. The van der Waals surface area contributed by atoms with Crippen molar-refractivity contribution in [2.45, 2.75) is 38.1 Å². The minimum atomic E-state index is 0. The van der Waals surface area contributed by atoms with Crippen LogP contribution in [0.4, 0.5) is 0 Å². The Balaban J connectivity index is 0.00000210. The number of nitrogens with one attached hydrogen (secondary N) is 1. The number of guanidine groups is 1. The predicted octanol–water partition coefficient (Wildman–Crippen LogP) is 2.44. The van der Waals surface area contributed by atoms with E-state index in [1.165, 1.54) is 18.4 Å². The van der Waals surface area contributed by atoms with Crippen LogP contribution < -0.4 is 10.1 Å². The zero-order valence-corrected chi connectivity index (χ0v) is 18.2. The zero-order chi connectivity index (χ0) is 17.9. The number of amides is 1. The van der Waals surface area contributed by atoms with Crippen LogP contribution in [-0.4, -0.2) is 67.0 Å². The van der Waals surface area contributed by atoms with Gasteiger partial charge in [0, 0.05) is 38.1 Å². The number of halogens is 1. The van der Waals surface area contributed by atoms with Gasteiger partial charge in [-0.25, -0.2) is 0 Å². The van der Waals surface area contributed by atoms with Gasteiger partial charge in [-0.05, 0) is 37.8 Å². The normalized spacial score (nSPS) is 22.6. The fourth-order valence-corrected chi connectivity index (χ4v) is 3.87. The number of carbonyl (C=O) groups is 1. The van der Waals surface area contributed by atoms with Crippen LogP contribution in [0.5, 0.6) is 5.75 Å². The number of piperazine rings is 1. The third kappa shape index (κ3) is 4.67. The second kappa shape index (κ2) is 9.12. The van der Waals surface area contributed by atoms with Crippen LogP contribution >= 0.6 is 24.0 Å². The molecule has 0 aromatic heterocycles. The summed E-state index contributed by atoms with van der Waals surface area (Å²) in [6.07, 6.45) is 3.32. The molecule has 148 valence electrons. The Kier molecular flexibility index (Phi) is 6.83. The monoisotopic (exact) mass is 484 g/mol. The van der Waals surface area contributed by atoms with E-state index in [2.05, 4.69) is 34.2 Å². The highest BCUT2D eigenvalue weighted by atomic mass is 127. The maximum atomic E-state index is 12.4. The lowest BCUT2D eigenvalue weighted by molar-refractivity contribution is -0.135. The SMILES string of the molecule is CCNC(=NCC1CCOc2ccccc21)N1CCN(C2CC2)C(=O)C1.I. The number of hydrogen-bond acceptors (Lipinski definition) is 3. The van der Waals surface area contributed by atoms with Crippen molar-refractivity contribution in [3.8, 4) is 5.75 Å². The van der Waals surface area contributed by atoms with Gasteiger partial charge in [0.15, 0.2) is 5.96 Å². The summed E-state index contributed by atoms with van der Waals surface area (Å²) in [7, 11) is 0. The van der Waals surface area contributed by atoms with Crippen molar-refractivity contribution in [3.63, 3.8) is 0 Å². The Labute approximate surface area is 178 Å². The predicted molar refractivity (Wildman–Crippen MR) is 117 cm³/mol. The molecule has 2 fully saturated rings. The van der Waals surface area contributed by atoms with Crippen LogP contribution in [0.2, 0.25) is 0 Å².